The summed E-state index contributed by atoms with van der Waals surface area (Å²) < 4.78 is 1.90. The molecule has 2 rings (SSSR count). The van der Waals surface area contributed by atoms with Crippen LogP contribution >= 0.6 is 0 Å². The fraction of sp³-hybridized carbons (Fsp3) is 0.231. The summed E-state index contributed by atoms with van der Waals surface area (Å²) in [4.78, 5) is 4.04. The normalized spacial score (nSPS) is 9.94. The lowest BCUT2D eigenvalue weighted by Crippen LogP contribution is -2.01. The van der Waals surface area contributed by atoms with Gasteiger partial charge in [0.05, 0.1) is 5.69 Å². The summed E-state index contributed by atoms with van der Waals surface area (Å²) >= 11 is 0. The quantitative estimate of drug-likeness (QED) is 0.873. The van der Waals surface area contributed by atoms with Crippen LogP contribution in [0.1, 0.15) is 17.0 Å². The molecular formula is C13H14N4. The van der Waals surface area contributed by atoms with Crippen molar-refractivity contribution in [2.75, 3.05) is 5.32 Å². The number of hydrogen-bond donors (Lipinski definition) is 1. The summed E-state index contributed by atoms with van der Waals surface area (Å²) in [5.74, 6) is 0. The second-order valence-corrected chi connectivity index (χ2v) is 3.91. The van der Waals surface area contributed by atoms with Crippen LogP contribution in [0.15, 0.2) is 30.6 Å². The van der Waals surface area contributed by atoms with E-state index in [9.17, 15) is 0 Å². The molecule has 0 aliphatic heterocycles. The number of aromatic nitrogens is 2. The predicted octanol–water partition coefficient (Wildman–Crippen LogP) is 2.21. The van der Waals surface area contributed by atoms with Crippen molar-refractivity contribution in [2.45, 2.75) is 13.5 Å². The van der Waals surface area contributed by atoms with Crippen LogP contribution in [-0.4, -0.2) is 9.55 Å². The lowest BCUT2D eigenvalue weighted by Gasteiger charge is -2.05. The fourth-order valence-electron chi connectivity index (χ4n) is 1.71. The number of rotatable bonds is 3. The molecule has 0 spiro atoms. The molecule has 86 valence electrons. The summed E-state index contributed by atoms with van der Waals surface area (Å²) in [6, 6.07) is 7.95. The molecule has 0 radical (unpaired) electrons. The number of nitriles is 1. The first-order valence-electron chi connectivity index (χ1n) is 5.41. The molecular weight excluding hydrogens is 212 g/mol. The first-order chi connectivity index (χ1) is 8.22. The molecule has 2 aromatic rings. The highest BCUT2D eigenvalue weighted by molar-refractivity contribution is 5.42. The molecule has 0 amide bonds. The summed E-state index contributed by atoms with van der Waals surface area (Å²) in [6.45, 7) is 2.72. The Bertz CT molecular complexity index is 549. The molecule has 17 heavy (non-hydrogen) atoms. The van der Waals surface area contributed by atoms with Crippen molar-refractivity contribution >= 4 is 5.69 Å². The number of nitrogens with zero attached hydrogens (tertiary/aromatic N) is 3. The molecule has 0 fully saturated rings. The minimum atomic E-state index is 0.686. The third kappa shape index (κ3) is 2.28. The van der Waals surface area contributed by atoms with E-state index in [2.05, 4.69) is 16.4 Å². The van der Waals surface area contributed by atoms with Crippen molar-refractivity contribution in [1.82, 2.24) is 9.55 Å². The van der Waals surface area contributed by atoms with Crippen LogP contribution in [-0.2, 0) is 13.6 Å². The van der Waals surface area contributed by atoms with E-state index in [1.54, 1.807) is 12.4 Å². The zero-order chi connectivity index (χ0) is 12.3. The number of anilines is 1. The number of pyridine rings is 1. The van der Waals surface area contributed by atoms with E-state index in [0.29, 0.717) is 12.2 Å². The maximum atomic E-state index is 8.94. The average Bonchev–Trinajstić information content (AvgIpc) is 2.65. The Balaban J connectivity index is 2.13. The first kappa shape index (κ1) is 11.2. The highest BCUT2D eigenvalue weighted by Crippen LogP contribution is 2.15. The van der Waals surface area contributed by atoms with Crippen LogP contribution in [0, 0.1) is 18.3 Å². The average molecular weight is 226 g/mol. The topological polar surface area (TPSA) is 53.6 Å². The van der Waals surface area contributed by atoms with Gasteiger partial charge in [0.25, 0.3) is 0 Å². The molecule has 1 N–H and O–H groups in total. The molecule has 0 aliphatic rings. The highest BCUT2D eigenvalue weighted by atomic mass is 15.0. The molecule has 0 saturated carbocycles. The van der Waals surface area contributed by atoms with Crippen molar-refractivity contribution in [2.24, 2.45) is 7.05 Å². The van der Waals surface area contributed by atoms with E-state index in [1.807, 2.05) is 36.7 Å². The van der Waals surface area contributed by atoms with Gasteiger partial charge in [0.1, 0.15) is 11.8 Å². The minimum absolute atomic E-state index is 0.686. The standard InChI is InChI=1S/C13H14N4/c1-10-11(6-13(7-14)17(10)2)8-16-12-4-3-5-15-9-12/h3-6,9,16H,8H2,1-2H3. The molecule has 0 bridgehead atoms. The molecule has 4 heteroatoms. The Labute approximate surface area is 101 Å². The first-order valence-corrected chi connectivity index (χ1v) is 5.41. The fourth-order valence-corrected chi connectivity index (χ4v) is 1.71. The van der Waals surface area contributed by atoms with Crippen molar-refractivity contribution in [1.29, 1.82) is 5.26 Å². The van der Waals surface area contributed by atoms with Gasteiger partial charge in [-0.05, 0) is 30.7 Å². The van der Waals surface area contributed by atoms with E-state index in [-0.39, 0.29) is 0 Å². The summed E-state index contributed by atoms with van der Waals surface area (Å²) in [7, 11) is 1.90. The molecule has 2 aromatic heterocycles. The summed E-state index contributed by atoms with van der Waals surface area (Å²) in [5.41, 5.74) is 3.91. The molecule has 0 atom stereocenters. The smallest absolute Gasteiger partial charge is 0.120 e. The summed E-state index contributed by atoms with van der Waals surface area (Å²) in [6.07, 6.45) is 3.52. The second-order valence-electron chi connectivity index (χ2n) is 3.91. The Hall–Kier alpha value is -2.28. The lowest BCUT2D eigenvalue weighted by atomic mass is 10.2. The Morgan fingerprint density at radius 3 is 2.94 bits per heavy atom. The van der Waals surface area contributed by atoms with Gasteiger partial charge in [-0.3, -0.25) is 4.98 Å². The van der Waals surface area contributed by atoms with Gasteiger partial charge in [0, 0.05) is 31.7 Å². The van der Waals surface area contributed by atoms with Gasteiger partial charge in [0.2, 0.25) is 0 Å². The van der Waals surface area contributed by atoms with Crippen LogP contribution in [0.5, 0.6) is 0 Å². The molecule has 0 aliphatic carbocycles. The third-order valence-electron chi connectivity index (χ3n) is 2.90. The minimum Gasteiger partial charge on any atom is -0.380 e. The van der Waals surface area contributed by atoms with Crippen LogP contribution in [0.25, 0.3) is 0 Å². The Morgan fingerprint density at radius 1 is 1.53 bits per heavy atom. The van der Waals surface area contributed by atoms with Crippen LogP contribution in [0.4, 0.5) is 5.69 Å². The van der Waals surface area contributed by atoms with E-state index in [0.717, 1.165) is 16.9 Å². The number of nitrogens with one attached hydrogen (secondary N) is 1. The highest BCUT2D eigenvalue weighted by Gasteiger charge is 2.07. The van der Waals surface area contributed by atoms with Gasteiger partial charge >= 0.3 is 0 Å². The monoisotopic (exact) mass is 226 g/mol. The third-order valence-corrected chi connectivity index (χ3v) is 2.90. The van der Waals surface area contributed by atoms with Gasteiger partial charge < -0.3 is 9.88 Å². The van der Waals surface area contributed by atoms with Crippen LogP contribution in [0.3, 0.4) is 0 Å². The largest absolute Gasteiger partial charge is 0.380 e. The summed E-state index contributed by atoms with van der Waals surface area (Å²) in [5, 5.41) is 12.2. The van der Waals surface area contributed by atoms with E-state index in [1.165, 1.54) is 0 Å². The van der Waals surface area contributed by atoms with Gasteiger partial charge in [-0.1, -0.05) is 0 Å². The molecule has 2 heterocycles. The van der Waals surface area contributed by atoms with Crippen molar-refractivity contribution in [3.63, 3.8) is 0 Å². The maximum absolute atomic E-state index is 8.94. The predicted molar refractivity (Wildman–Crippen MR) is 66.4 cm³/mol. The Morgan fingerprint density at radius 2 is 2.35 bits per heavy atom. The Kier molecular flexibility index (Phi) is 3.10. The van der Waals surface area contributed by atoms with Gasteiger partial charge in [-0.15, -0.1) is 0 Å². The van der Waals surface area contributed by atoms with Crippen molar-refractivity contribution < 1.29 is 0 Å². The van der Waals surface area contributed by atoms with Gasteiger partial charge in [0.15, 0.2) is 0 Å². The molecule has 0 aromatic carbocycles. The van der Waals surface area contributed by atoms with E-state index < -0.39 is 0 Å². The maximum Gasteiger partial charge on any atom is 0.120 e. The van der Waals surface area contributed by atoms with Crippen molar-refractivity contribution in [3.05, 3.63) is 47.5 Å². The van der Waals surface area contributed by atoms with E-state index in [4.69, 9.17) is 5.26 Å². The van der Waals surface area contributed by atoms with Gasteiger partial charge in [-0.25, -0.2) is 0 Å². The van der Waals surface area contributed by atoms with E-state index >= 15 is 0 Å². The zero-order valence-corrected chi connectivity index (χ0v) is 9.94. The molecule has 4 nitrogen and oxygen atoms in total. The SMILES string of the molecule is Cc1c(CNc2cccnc2)cc(C#N)n1C. The molecule has 0 saturated heterocycles. The molecule has 0 unspecified atom stereocenters. The lowest BCUT2D eigenvalue weighted by molar-refractivity contribution is 0.856. The number of hydrogen-bond acceptors (Lipinski definition) is 3. The van der Waals surface area contributed by atoms with Crippen LogP contribution in [0.2, 0.25) is 0 Å². The second kappa shape index (κ2) is 4.71. The van der Waals surface area contributed by atoms with Gasteiger partial charge in [-0.2, -0.15) is 5.26 Å². The van der Waals surface area contributed by atoms with Crippen LogP contribution < -0.4 is 5.32 Å². The van der Waals surface area contributed by atoms with Crippen molar-refractivity contribution in [3.8, 4) is 6.07 Å². The zero-order valence-electron chi connectivity index (χ0n) is 9.94.